The van der Waals surface area contributed by atoms with Gasteiger partial charge in [-0.3, -0.25) is 14.9 Å². The fourth-order valence-electron chi connectivity index (χ4n) is 2.48. The molecule has 0 atom stereocenters. The van der Waals surface area contributed by atoms with Crippen LogP contribution in [0.1, 0.15) is 40.5 Å². The minimum atomic E-state index is -0.404. The molecule has 7 nitrogen and oxygen atoms in total. The average Bonchev–Trinajstić information content (AvgIpc) is 2.72. The van der Waals surface area contributed by atoms with E-state index in [2.05, 4.69) is 16.0 Å². The monoisotopic (exact) mass is 415 g/mol. The molecule has 8 heteroatoms. The quantitative estimate of drug-likeness (QED) is 0.371. The molecule has 0 heterocycles. The minimum Gasteiger partial charge on any atom is -0.493 e. The first-order chi connectivity index (χ1) is 14.1. The molecule has 4 N–H and O–H groups in total. The van der Waals surface area contributed by atoms with E-state index in [1.807, 2.05) is 6.92 Å². The Morgan fingerprint density at radius 1 is 1.03 bits per heavy atom. The first kappa shape index (κ1) is 22.3. The van der Waals surface area contributed by atoms with Crippen LogP contribution in [-0.2, 0) is 0 Å². The Hall–Kier alpha value is -2.97. The normalized spacial score (nSPS) is 10.1. The van der Waals surface area contributed by atoms with Crippen molar-refractivity contribution in [2.75, 3.05) is 25.1 Å². The highest BCUT2D eigenvalue weighted by molar-refractivity contribution is 7.80. The molecule has 2 aromatic carbocycles. The summed E-state index contributed by atoms with van der Waals surface area (Å²) < 4.78 is 5.61. The second kappa shape index (κ2) is 11.8. The number of hydrogen-bond acceptors (Lipinski definition) is 5. The van der Waals surface area contributed by atoms with Gasteiger partial charge in [0.1, 0.15) is 5.75 Å². The molecule has 29 heavy (non-hydrogen) atoms. The number of amides is 2. The molecule has 0 spiro atoms. The molecule has 0 radical (unpaired) electrons. The zero-order chi connectivity index (χ0) is 21.1. The van der Waals surface area contributed by atoms with Crippen molar-refractivity contribution in [1.82, 2.24) is 10.6 Å². The highest BCUT2D eigenvalue weighted by atomic mass is 32.1. The lowest BCUT2D eigenvalue weighted by atomic mass is 10.1. The molecule has 0 aliphatic rings. The summed E-state index contributed by atoms with van der Waals surface area (Å²) in [7, 11) is 0. The number of ether oxygens (including phenoxy) is 1. The Bertz CT molecular complexity index is 857. The van der Waals surface area contributed by atoms with Crippen molar-refractivity contribution in [2.24, 2.45) is 0 Å². The van der Waals surface area contributed by atoms with Gasteiger partial charge in [0.25, 0.3) is 11.8 Å². The number of carbonyl (C=O) groups is 2. The van der Waals surface area contributed by atoms with E-state index in [1.165, 1.54) is 0 Å². The Kier molecular flexibility index (Phi) is 9.07. The van der Waals surface area contributed by atoms with Crippen molar-refractivity contribution in [3.63, 3.8) is 0 Å². The minimum absolute atomic E-state index is 0.000259. The van der Waals surface area contributed by atoms with Crippen molar-refractivity contribution in [2.45, 2.75) is 19.8 Å². The number of thiocarbonyl (C=S) groups is 1. The zero-order valence-electron chi connectivity index (χ0n) is 16.2. The molecule has 2 amide bonds. The number of aliphatic hydroxyl groups is 1. The van der Waals surface area contributed by atoms with Crippen LogP contribution in [-0.4, -0.2) is 41.8 Å². The first-order valence-corrected chi connectivity index (χ1v) is 9.80. The topological polar surface area (TPSA) is 99.7 Å². The summed E-state index contributed by atoms with van der Waals surface area (Å²) in [6.07, 6.45) is 1.29. The van der Waals surface area contributed by atoms with Crippen molar-refractivity contribution in [1.29, 1.82) is 0 Å². The molecule has 0 fully saturated rings. The van der Waals surface area contributed by atoms with Gasteiger partial charge in [0.15, 0.2) is 5.11 Å². The average molecular weight is 416 g/mol. The number of hydrogen-bond donors (Lipinski definition) is 4. The van der Waals surface area contributed by atoms with Crippen LogP contribution in [0.15, 0.2) is 48.5 Å². The zero-order valence-corrected chi connectivity index (χ0v) is 17.1. The Labute approximate surface area is 175 Å². The second-order valence-corrected chi connectivity index (χ2v) is 6.54. The standard InChI is InChI=1S/C21H25N3O4S/c1-2-14-28-18-11-6-4-9-16(18)20(27)24-21(29)23-17-10-5-3-8-15(17)19(26)22-12-7-13-25/h3-6,8-11,25H,2,7,12-14H2,1H3,(H,22,26)(H2,23,24,27,29). The van der Waals surface area contributed by atoms with Crippen molar-refractivity contribution in [3.05, 3.63) is 59.7 Å². The van der Waals surface area contributed by atoms with Crippen LogP contribution in [0.3, 0.4) is 0 Å². The Morgan fingerprint density at radius 3 is 2.45 bits per heavy atom. The SMILES string of the molecule is CCCOc1ccccc1C(=O)NC(=S)Nc1ccccc1C(=O)NCCCO. The van der Waals surface area contributed by atoms with Crippen LogP contribution in [0.4, 0.5) is 5.69 Å². The molecule has 2 aromatic rings. The van der Waals surface area contributed by atoms with Crippen molar-refractivity contribution < 1.29 is 19.4 Å². The summed E-state index contributed by atoms with van der Waals surface area (Å²) in [6, 6.07) is 13.8. The predicted molar refractivity (Wildman–Crippen MR) is 116 cm³/mol. The smallest absolute Gasteiger partial charge is 0.261 e. The summed E-state index contributed by atoms with van der Waals surface area (Å²) >= 11 is 5.25. The first-order valence-electron chi connectivity index (χ1n) is 9.39. The highest BCUT2D eigenvalue weighted by Crippen LogP contribution is 2.19. The van der Waals surface area contributed by atoms with Gasteiger partial charge in [-0.2, -0.15) is 0 Å². The van der Waals surface area contributed by atoms with Crippen LogP contribution in [0.5, 0.6) is 5.75 Å². The van der Waals surface area contributed by atoms with Gasteiger partial charge in [0.05, 0.1) is 23.4 Å². The van der Waals surface area contributed by atoms with Crippen LogP contribution in [0.25, 0.3) is 0 Å². The van der Waals surface area contributed by atoms with Gasteiger partial charge >= 0.3 is 0 Å². The summed E-state index contributed by atoms with van der Waals surface area (Å²) in [5.41, 5.74) is 1.23. The number of rotatable bonds is 9. The van der Waals surface area contributed by atoms with E-state index < -0.39 is 5.91 Å². The number of benzene rings is 2. The molecule has 0 bridgehead atoms. The van der Waals surface area contributed by atoms with Crippen LogP contribution < -0.4 is 20.7 Å². The molecule has 154 valence electrons. The molecule has 0 saturated heterocycles. The van der Waals surface area contributed by atoms with E-state index in [0.29, 0.717) is 42.1 Å². The van der Waals surface area contributed by atoms with Gasteiger partial charge in [-0.1, -0.05) is 31.2 Å². The summed E-state index contributed by atoms with van der Waals surface area (Å²) in [5.74, 6) is -0.216. The molecule has 0 saturated carbocycles. The van der Waals surface area contributed by atoms with Gasteiger partial charge in [0, 0.05) is 13.2 Å². The molecular formula is C21H25N3O4S. The van der Waals surface area contributed by atoms with E-state index in [-0.39, 0.29) is 17.6 Å². The van der Waals surface area contributed by atoms with E-state index in [9.17, 15) is 9.59 Å². The fourth-order valence-corrected chi connectivity index (χ4v) is 2.69. The lowest BCUT2D eigenvalue weighted by molar-refractivity contribution is 0.0949. The summed E-state index contributed by atoms with van der Waals surface area (Å²) in [6.45, 7) is 2.85. The third kappa shape index (κ3) is 6.85. The van der Waals surface area contributed by atoms with Crippen LogP contribution in [0, 0.1) is 0 Å². The molecular weight excluding hydrogens is 390 g/mol. The van der Waals surface area contributed by atoms with Crippen molar-refractivity contribution >= 4 is 34.8 Å². The predicted octanol–water partition coefficient (Wildman–Crippen LogP) is 2.71. The largest absolute Gasteiger partial charge is 0.493 e. The number of para-hydroxylation sites is 2. The summed E-state index contributed by atoms with van der Waals surface area (Å²) in [5, 5.41) is 17.1. The van der Waals surface area contributed by atoms with E-state index in [4.69, 9.17) is 22.1 Å². The third-order valence-electron chi connectivity index (χ3n) is 3.86. The third-order valence-corrected chi connectivity index (χ3v) is 4.06. The van der Waals surface area contributed by atoms with Crippen LogP contribution in [0.2, 0.25) is 0 Å². The van der Waals surface area contributed by atoms with Gasteiger partial charge in [-0.05, 0) is 49.3 Å². The number of anilines is 1. The van der Waals surface area contributed by atoms with E-state index in [0.717, 1.165) is 6.42 Å². The van der Waals surface area contributed by atoms with Gasteiger partial charge in [-0.15, -0.1) is 0 Å². The Balaban J connectivity index is 2.05. The fraction of sp³-hybridized carbons (Fsp3) is 0.286. The molecule has 0 aliphatic carbocycles. The van der Waals surface area contributed by atoms with Gasteiger partial charge < -0.3 is 20.5 Å². The molecule has 0 aliphatic heterocycles. The van der Waals surface area contributed by atoms with Gasteiger partial charge in [-0.25, -0.2) is 0 Å². The lowest BCUT2D eigenvalue weighted by Crippen LogP contribution is -2.35. The number of aliphatic hydroxyl groups excluding tert-OH is 1. The van der Waals surface area contributed by atoms with Gasteiger partial charge in [0.2, 0.25) is 0 Å². The number of carbonyl (C=O) groups excluding carboxylic acids is 2. The lowest BCUT2D eigenvalue weighted by Gasteiger charge is -2.15. The van der Waals surface area contributed by atoms with Crippen molar-refractivity contribution in [3.8, 4) is 5.75 Å². The maximum atomic E-state index is 12.6. The molecule has 0 aromatic heterocycles. The van der Waals surface area contributed by atoms with E-state index >= 15 is 0 Å². The second-order valence-electron chi connectivity index (χ2n) is 6.13. The van der Waals surface area contributed by atoms with E-state index in [1.54, 1.807) is 48.5 Å². The maximum absolute atomic E-state index is 12.6. The summed E-state index contributed by atoms with van der Waals surface area (Å²) in [4.78, 5) is 24.9. The molecule has 0 unspecified atom stereocenters. The van der Waals surface area contributed by atoms with Crippen LogP contribution >= 0.6 is 12.2 Å². The number of nitrogens with one attached hydrogen (secondary N) is 3. The molecule has 2 rings (SSSR count). The highest BCUT2D eigenvalue weighted by Gasteiger charge is 2.15. The Morgan fingerprint density at radius 2 is 1.72 bits per heavy atom. The maximum Gasteiger partial charge on any atom is 0.261 e.